The molecule has 0 aliphatic heterocycles. The van der Waals surface area contributed by atoms with E-state index >= 15 is 0 Å². The van der Waals surface area contributed by atoms with Gasteiger partial charge in [0.2, 0.25) is 6.41 Å². The molecule has 0 aromatic carbocycles. The molecule has 3 nitrogen and oxygen atoms in total. The average molecular weight is 167 g/mol. The number of hydrogen-bond donors (Lipinski definition) is 1. The average Bonchev–Trinajstić information content (AvgIpc) is 1.96. The van der Waals surface area contributed by atoms with Crippen LogP contribution < -0.4 is 5.32 Å². The molecule has 0 fully saturated rings. The lowest BCUT2D eigenvalue weighted by atomic mass is 10.1. The summed E-state index contributed by atoms with van der Waals surface area (Å²) in [5, 5.41) is 2.33. The van der Waals surface area contributed by atoms with E-state index in [4.69, 9.17) is 0 Å². The highest BCUT2D eigenvalue weighted by Crippen LogP contribution is 2.01. The first-order chi connectivity index (χ1) is 5.57. The maximum atomic E-state index is 10.9. The van der Waals surface area contributed by atoms with Gasteiger partial charge < -0.3 is 5.32 Å². The second-order valence-electron chi connectivity index (χ2n) is 2.66. The third kappa shape index (κ3) is 4.44. The fourth-order valence-electron chi connectivity index (χ4n) is 0.680. The van der Waals surface area contributed by atoms with Crippen LogP contribution in [0, 0.1) is 0 Å². The maximum absolute atomic E-state index is 10.9. The zero-order chi connectivity index (χ0) is 9.56. The Morgan fingerprint density at radius 1 is 1.25 bits per heavy atom. The summed E-state index contributed by atoms with van der Waals surface area (Å²) in [6.45, 7) is 5.23. The first-order valence-corrected chi connectivity index (χ1v) is 3.63. The van der Waals surface area contributed by atoms with Gasteiger partial charge in [-0.25, -0.2) is 0 Å². The van der Waals surface area contributed by atoms with Gasteiger partial charge in [-0.2, -0.15) is 0 Å². The topological polar surface area (TPSA) is 46.2 Å². The summed E-state index contributed by atoms with van der Waals surface area (Å²) in [7, 11) is 0. The number of carbonyl (C=O) groups excluding carboxylic acids is 2. The SMILES string of the molecule is CC(=O)/C(C=C(C)C)=C/NC=O. The zero-order valence-corrected chi connectivity index (χ0v) is 7.55. The molecule has 0 rings (SSSR count). The van der Waals surface area contributed by atoms with Gasteiger partial charge in [0.1, 0.15) is 0 Å². The lowest BCUT2D eigenvalue weighted by Gasteiger charge is -1.96. The van der Waals surface area contributed by atoms with Gasteiger partial charge in [-0.1, -0.05) is 11.6 Å². The Kier molecular flexibility index (Phi) is 4.69. The second-order valence-corrected chi connectivity index (χ2v) is 2.66. The molecule has 0 aromatic rings. The first-order valence-electron chi connectivity index (χ1n) is 3.63. The first kappa shape index (κ1) is 10.6. The molecule has 0 heterocycles. The summed E-state index contributed by atoms with van der Waals surface area (Å²) in [6, 6.07) is 0. The van der Waals surface area contributed by atoms with Crippen molar-refractivity contribution >= 4 is 12.2 Å². The lowest BCUT2D eigenvalue weighted by Crippen LogP contribution is -2.05. The summed E-state index contributed by atoms with van der Waals surface area (Å²) >= 11 is 0. The molecule has 0 atom stereocenters. The zero-order valence-electron chi connectivity index (χ0n) is 7.55. The second kappa shape index (κ2) is 5.29. The Balaban J connectivity index is 4.55. The number of allylic oxidation sites excluding steroid dienone is 3. The van der Waals surface area contributed by atoms with E-state index in [-0.39, 0.29) is 5.78 Å². The number of nitrogens with one attached hydrogen (secondary N) is 1. The van der Waals surface area contributed by atoms with Crippen molar-refractivity contribution in [1.29, 1.82) is 0 Å². The molecule has 0 saturated carbocycles. The summed E-state index contributed by atoms with van der Waals surface area (Å²) in [5.74, 6) is -0.0643. The van der Waals surface area contributed by atoms with E-state index in [1.807, 2.05) is 13.8 Å². The van der Waals surface area contributed by atoms with Crippen LogP contribution in [0.25, 0.3) is 0 Å². The highest BCUT2D eigenvalue weighted by atomic mass is 16.1. The van der Waals surface area contributed by atoms with Crippen LogP contribution in [0.2, 0.25) is 0 Å². The maximum Gasteiger partial charge on any atom is 0.211 e. The van der Waals surface area contributed by atoms with E-state index < -0.39 is 0 Å². The monoisotopic (exact) mass is 167 g/mol. The van der Waals surface area contributed by atoms with Gasteiger partial charge in [-0.15, -0.1) is 0 Å². The molecule has 0 bridgehead atoms. The van der Waals surface area contributed by atoms with Crippen molar-refractivity contribution < 1.29 is 9.59 Å². The largest absolute Gasteiger partial charge is 0.335 e. The molecular weight excluding hydrogens is 154 g/mol. The van der Waals surface area contributed by atoms with Crippen LogP contribution in [-0.4, -0.2) is 12.2 Å². The summed E-state index contributed by atoms with van der Waals surface area (Å²) in [6.07, 6.45) is 3.64. The Morgan fingerprint density at radius 2 is 1.83 bits per heavy atom. The minimum absolute atomic E-state index is 0.0643. The van der Waals surface area contributed by atoms with Crippen LogP contribution in [0.15, 0.2) is 23.4 Å². The minimum Gasteiger partial charge on any atom is -0.335 e. The number of carbonyl (C=O) groups is 2. The molecule has 3 heteroatoms. The smallest absolute Gasteiger partial charge is 0.211 e. The lowest BCUT2D eigenvalue weighted by molar-refractivity contribution is -0.113. The van der Waals surface area contributed by atoms with E-state index in [0.717, 1.165) is 5.57 Å². The Morgan fingerprint density at radius 3 is 2.17 bits per heavy atom. The molecule has 0 unspecified atom stereocenters. The van der Waals surface area contributed by atoms with Crippen molar-refractivity contribution in [1.82, 2.24) is 5.32 Å². The molecule has 0 radical (unpaired) electrons. The van der Waals surface area contributed by atoms with Crippen LogP contribution >= 0.6 is 0 Å². The minimum atomic E-state index is -0.0643. The standard InChI is InChI=1S/C9H13NO2/c1-7(2)4-9(8(3)12)5-10-6-11/h4-6H,1-3H3,(H,10,11)/b9-5+. The predicted molar refractivity (Wildman–Crippen MR) is 47.4 cm³/mol. The molecule has 1 amide bonds. The van der Waals surface area contributed by atoms with Gasteiger partial charge in [-0.3, -0.25) is 9.59 Å². The summed E-state index contributed by atoms with van der Waals surface area (Å²) in [4.78, 5) is 20.8. The van der Waals surface area contributed by atoms with Crippen molar-refractivity contribution in [3.63, 3.8) is 0 Å². The summed E-state index contributed by atoms with van der Waals surface area (Å²) in [5.41, 5.74) is 1.52. The number of ketones is 1. The summed E-state index contributed by atoms with van der Waals surface area (Å²) < 4.78 is 0. The van der Waals surface area contributed by atoms with Crippen molar-refractivity contribution in [3.8, 4) is 0 Å². The third-order valence-corrected chi connectivity index (χ3v) is 1.16. The highest BCUT2D eigenvalue weighted by molar-refractivity contribution is 5.96. The van der Waals surface area contributed by atoms with Gasteiger partial charge >= 0.3 is 0 Å². The molecule has 0 aromatic heterocycles. The Hall–Kier alpha value is -1.38. The van der Waals surface area contributed by atoms with E-state index in [1.54, 1.807) is 6.08 Å². The molecule has 1 N–H and O–H groups in total. The Bertz CT molecular complexity index is 235. The van der Waals surface area contributed by atoms with Crippen molar-refractivity contribution in [2.24, 2.45) is 0 Å². The van der Waals surface area contributed by atoms with E-state index in [1.165, 1.54) is 13.1 Å². The number of amides is 1. The fraction of sp³-hybridized carbons (Fsp3) is 0.333. The molecular formula is C9H13NO2. The quantitative estimate of drug-likeness (QED) is 0.388. The van der Waals surface area contributed by atoms with Crippen molar-refractivity contribution in [3.05, 3.63) is 23.4 Å². The predicted octanol–water partition coefficient (Wildman–Crippen LogP) is 1.17. The van der Waals surface area contributed by atoms with Gasteiger partial charge in [0.05, 0.1) is 0 Å². The van der Waals surface area contributed by atoms with E-state index in [2.05, 4.69) is 5.32 Å². The number of Topliss-reactive ketones (excluding diaryl/α,β-unsaturated/α-hetero) is 1. The van der Waals surface area contributed by atoms with Gasteiger partial charge in [-0.05, 0) is 20.8 Å². The number of hydrogen-bond acceptors (Lipinski definition) is 2. The van der Waals surface area contributed by atoms with Gasteiger partial charge in [0, 0.05) is 11.8 Å². The number of rotatable bonds is 4. The van der Waals surface area contributed by atoms with Gasteiger partial charge in [0.25, 0.3) is 0 Å². The van der Waals surface area contributed by atoms with Crippen LogP contribution in [-0.2, 0) is 9.59 Å². The van der Waals surface area contributed by atoms with Crippen molar-refractivity contribution in [2.75, 3.05) is 0 Å². The van der Waals surface area contributed by atoms with Crippen molar-refractivity contribution in [2.45, 2.75) is 20.8 Å². The molecule has 66 valence electrons. The molecule has 0 saturated heterocycles. The van der Waals surface area contributed by atoms with Crippen LogP contribution in [0.5, 0.6) is 0 Å². The Labute approximate surface area is 72.2 Å². The molecule has 12 heavy (non-hydrogen) atoms. The van der Waals surface area contributed by atoms with Crippen LogP contribution in [0.1, 0.15) is 20.8 Å². The van der Waals surface area contributed by atoms with E-state index in [0.29, 0.717) is 12.0 Å². The van der Waals surface area contributed by atoms with Crippen LogP contribution in [0.4, 0.5) is 0 Å². The fourth-order valence-corrected chi connectivity index (χ4v) is 0.680. The molecule has 0 aliphatic rings. The third-order valence-electron chi connectivity index (χ3n) is 1.16. The normalized spacial score (nSPS) is 10.4. The van der Waals surface area contributed by atoms with Crippen LogP contribution in [0.3, 0.4) is 0 Å². The molecule has 0 spiro atoms. The van der Waals surface area contributed by atoms with E-state index in [9.17, 15) is 9.59 Å². The molecule has 0 aliphatic carbocycles. The highest BCUT2D eigenvalue weighted by Gasteiger charge is 1.98. The van der Waals surface area contributed by atoms with Gasteiger partial charge in [0.15, 0.2) is 5.78 Å².